The SMILES string of the molecule is Cc1nc(Cl)ccc1NC(=O)[C@@H]1CCCNC1. The van der Waals surface area contributed by atoms with E-state index in [1.807, 2.05) is 6.92 Å². The maximum absolute atomic E-state index is 12.0. The number of hydrogen-bond acceptors (Lipinski definition) is 3. The molecule has 4 nitrogen and oxygen atoms in total. The van der Waals surface area contributed by atoms with E-state index >= 15 is 0 Å². The molecule has 0 radical (unpaired) electrons. The van der Waals surface area contributed by atoms with E-state index in [1.54, 1.807) is 12.1 Å². The number of halogens is 1. The van der Waals surface area contributed by atoms with Gasteiger partial charge in [0.1, 0.15) is 5.15 Å². The van der Waals surface area contributed by atoms with Gasteiger partial charge < -0.3 is 10.6 Å². The number of aromatic nitrogens is 1. The third kappa shape index (κ3) is 3.17. The molecule has 1 amide bonds. The molecule has 0 aromatic carbocycles. The molecule has 17 heavy (non-hydrogen) atoms. The number of hydrogen-bond donors (Lipinski definition) is 2. The van der Waals surface area contributed by atoms with Crippen LogP contribution in [0.3, 0.4) is 0 Å². The van der Waals surface area contributed by atoms with Crippen molar-refractivity contribution in [2.45, 2.75) is 19.8 Å². The van der Waals surface area contributed by atoms with Gasteiger partial charge in [-0.05, 0) is 38.4 Å². The summed E-state index contributed by atoms with van der Waals surface area (Å²) < 4.78 is 0. The highest BCUT2D eigenvalue weighted by Gasteiger charge is 2.21. The first-order valence-electron chi connectivity index (χ1n) is 5.81. The Bertz CT molecular complexity index is 416. The minimum atomic E-state index is 0.0545. The third-order valence-corrected chi connectivity index (χ3v) is 3.19. The smallest absolute Gasteiger partial charge is 0.228 e. The van der Waals surface area contributed by atoms with E-state index in [4.69, 9.17) is 11.6 Å². The van der Waals surface area contributed by atoms with E-state index in [0.717, 1.165) is 37.3 Å². The van der Waals surface area contributed by atoms with Gasteiger partial charge in [-0.3, -0.25) is 4.79 Å². The molecule has 0 unspecified atom stereocenters. The van der Waals surface area contributed by atoms with E-state index in [0.29, 0.717) is 5.15 Å². The fourth-order valence-corrected chi connectivity index (χ4v) is 2.16. The van der Waals surface area contributed by atoms with Gasteiger partial charge in [-0.25, -0.2) is 4.98 Å². The normalized spacial score (nSPS) is 20.0. The first-order chi connectivity index (χ1) is 8.16. The molecule has 1 fully saturated rings. The lowest BCUT2D eigenvalue weighted by molar-refractivity contribution is -0.120. The summed E-state index contributed by atoms with van der Waals surface area (Å²) >= 11 is 5.77. The second-order valence-corrected chi connectivity index (χ2v) is 4.69. The number of amides is 1. The highest BCUT2D eigenvalue weighted by molar-refractivity contribution is 6.29. The Kier molecular flexibility index (Phi) is 3.97. The molecule has 0 saturated carbocycles. The summed E-state index contributed by atoms with van der Waals surface area (Å²) in [7, 11) is 0. The highest BCUT2D eigenvalue weighted by atomic mass is 35.5. The van der Waals surface area contributed by atoms with E-state index in [1.165, 1.54) is 0 Å². The molecule has 2 heterocycles. The van der Waals surface area contributed by atoms with Gasteiger partial charge in [-0.15, -0.1) is 0 Å². The lowest BCUT2D eigenvalue weighted by atomic mass is 9.99. The number of aryl methyl sites for hydroxylation is 1. The van der Waals surface area contributed by atoms with Crippen LogP contribution in [-0.2, 0) is 4.79 Å². The van der Waals surface area contributed by atoms with E-state index in [9.17, 15) is 4.79 Å². The summed E-state index contributed by atoms with van der Waals surface area (Å²) in [6, 6.07) is 3.47. The van der Waals surface area contributed by atoms with Gasteiger partial charge >= 0.3 is 0 Å². The fourth-order valence-electron chi connectivity index (χ4n) is 1.97. The van der Waals surface area contributed by atoms with Crippen LogP contribution in [0.5, 0.6) is 0 Å². The van der Waals surface area contributed by atoms with Crippen molar-refractivity contribution < 1.29 is 4.79 Å². The number of piperidine rings is 1. The minimum Gasteiger partial charge on any atom is -0.324 e. The summed E-state index contributed by atoms with van der Waals surface area (Å²) in [5, 5.41) is 6.58. The monoisotopic (exact) mass is 253 g/mol. The largest absolute Gasteiger partial charge is 0.324 e. The molecule has 1 aliphatic heterocycles. The van der Waals surface area contributed by atoms with Gasteiger partial charge in [0.2, 0.25) is 5.91 Å². The lowest BCUT2D eigenvalue weighted by Gasteiger charge is -2.22. The molecular formula is C12H16ClN3O. The minimum absolute atomic E-state index is 0.0545. The van der Waals surface area contributed by atoms with Gasteiger partial charge in [0.25, 0.3) is 0 Å². The van der Waals surface area contributed by atoms with Crippen LogP contribution in [0.15, 0.2) is 12.1 Å². The van der Waals surface area contributed by atoms with Gasteiger partial charge in [0.15, 0.2) is 0 Å². The van der Waals surface area contributed by atoms with Crippen LogP contribution in [-0.4, -0.2) is 24.0 Å². The zero-order chi connectivity index (χ0) is 12.3. The van der Waals surface area contributed by atoms with Crippen LogP contribution in [0.1, 0.15) is 18.5 Å². The number of rotatable bonds is 2. The van der Waals surface area contributed by atoms with Crippen LogP contribution in [0.2, 0.25) is 5.15 Å². The Balaban J connectivity index is 2.02. The van der Waals surface area contributed by atoms with Gasteiger partial charge in [0.05, 0.1) is 17.3 Å². The van der Waals surface area contributed by atoms with Gasteiger partial charge in [-0.2, -0.15) is 0 Å². The number of nitrogens with one attached hydrogen (secondary N) is 2. The van der Waals surface area contributed by atoms with Crippen molar-refractivity contribution in [1.82, 2.24) is 10.3 Å². The van der Waals surface area contributed by atoms with E-state index < -0.39 is 0 Å². The van der Waals surface area contributed by atoms with Crippen molar-refractivity contribution in [3.05, 3.63) is 23.0 Å². The standard InChI is InChI=1S/C12H16ClN3O/c1-8-10(4-5-11(13)15-8)16-12(17)9-3-2-6-14-7-9/h4-5,9,14H,2-3,6-7H2,1H3,(H,16,17)/t9-/m1/s1. The van der Waals surface area contributed by atoms with Crippen LogP contribution in [0.4, 0.5) is 5.69 Å². The molecule has 1 aliphatic rings. The second-order valence-electron chi connectivity index (χ2n) is 4.30. The Hall–Kier alpha value is -1.13. The number of carbonyl (C=O) groups excluding carboxylic acids is 1. The summed E-state index contributed by atoms with van der Waals surface area (Å²) in [5.74, 6) is 0.114. The lowest BCUT2D eigenvalue weighted by Crippen LogP contribution is -2.37. The van der Waals surface area contributed by atoms with Crippen molar-refractivity contribution >= 4 is 23.2 Å². The fraction of sp³-hybridized carbons (Fsp3) is 0.500. The molecule has 92 valence electrons. The summed E-state index contributed by atoms with van der Waals surface area (Å²) in [4.78, 5) is 16.1. The molecule has 1 saturated heterocycles. The maximum atomic E-state index is 12.0. The Morgan fingerprint density at radius 1 is 1.59 bits per heavy atom. The summed E-state index contributed by atoms with van der Waals surface area (Å²) in [6.45, 7) is 3.60. The van der Waals surface area contributed by atoms with Crippen LogP contribution in [0.25, 0.3) is 0 Å². The molecule has 0 spiro atoms. The van der Waals surface area contributed by atoms with Crippen LogP contribution < -0.4 is 10.6 Å². The van der Waals surface area contributed by atoms with Gasteiger partial charge in [-0.1, -0.05) is 11.6 Å². The summed E-state index contributed by atoms with van der Waals surface area (Å²) in [5.41, 5.74) is 1.49. The average molecular weight is 254 g/mol. The maximum Gasteiger partial charge on any atom is 0.228 e. The highest BCUT2D eigenvalue weighted by Crippen LogP contribution is 2.18. The van der Waals surface area contributed by atoms with Crippen molar-refractivity contribution in [1.29, 1.82) is 0 Å². The molecule has 2 N–H and O–H groups in total. The van der Waals surface area contributed by atoms with Crippen molar-refractivity contribution in [2.75, 3.05) is 18.4 Å². The second kappa shape index (κ2) is 5.47. The van der Waals surface area contributed by atoms with E-state index in [-0.39, 0.29) is 11.8 Å². The summed E-state index contributed by atoms with van der Waals surface area (Å²) in [6.07, 6.45) is 1.99. The third-order valence-electron chi connectivity index (χ3n) is 2.98. The topological polar surface area (TPSA) is 54.0 Å². The quantitative estimate of drug-likeness (QED) is 0.793. The number of nitrogens with zero attached hydrogens (tertiary/aromatic N) is 1. The van der Waals surface area contributed by atoms with Crippen molar-refractivity contribution in [2.24, 2.45) is 5.92 Å². The molecular weight excluding hydrogens is 238 g/mol. The molecule has 5 heteroatoms. The number of anilines is 1. The van der Waals surface area contributed by atoms with E-state index in [2.05, 4.69) is 15.6 Å². The van der Waals surface area contributed by atoms with Crippen LogP contribution in [0, 0.1) is 12.8 Å². The molecule has 1 aromatic heterocycles. The number of pyridine rings is 1. The predicted molar refractivity (Wildman–Crippen MR) is 68.2 cm³/mol. The predicted octanol–water partition coefficient (Wildman–Crippen LogP) is 1.98. The number of carbonyl (C=O) groups is 1. The average Bonchev–Trinajstić information content (AvgIpc) is 2.34. The first kappa shape index (κ1) is 12.3. The molecule has 1 atom stereocenters. The van der Waals surface area contributed by atoms with Crippen molar-refractivity contribution in [3.63, 3.8) is 0 Å². The zero-order valence-electron chi connectivity index (χ0n) is 9.79. The van der Waals surface area contributed by atoms with Gasteiger partial charge in [0, 0.05) is 6.54 Å². The molecule has 0 bridgehead atoms. The first-order valence-corrected chi connectivity index (χ1v) is 6.19. The zero-order valence-corrected chi connectivity index (χ0v) is 10.5. The molecule has 0 aliphatic carbocycles. The molecule has 2 rings (SSSR count). The van der Waals surface area contributed by atoms with Crippen LogP contribution >= 0.6 is 11.6 Å². The molecule has 1 aromatic rings. The Morgan fingerprint density at radius 2 is 2.41 bits per heavy atom. The van der Waals surface area contributed by atoms with Crippen molar-refractivity contribution in [3.8, 4) is 0 Å². The Morgan fingerprint density at radius 3 is 3.06 bits per heavy atom. The Labute approximate surface area is 106 Å².